The summed E-state index contributed by atoms with van der Waals surface area (Å²) in [6.45, 7) is 0. The Kier molecular flexibility index (Phi) is 64.4. The van der Waals surface area contributed by atoms with Gasteiger partial charge in [0.2, 0.25) is 0 Å². The van der Waals surface area contributed by atoms with Crippen molar-refractivity contribution in [3.63, 3.8) is 0 Å². The molecule has 4 heavy (non-hydrogen) atoms. The molecule has 1 nitrogen and oxygen atoms in total. The van der Waals surface area contributed by atoms with Crippen molar-refractivity contribution in [3.8, 4) is 0 Å². The van der Waals surface area contributed by atoms with E-state index in [1.807, 2.05) is 0 Å². The predicted octanol–water partition coefficient (Wildman–Crippen LogP) is -0.502. The van der Waals surface area contributed by atoms with E-state index < -0.39 is 0 Å². The molecule has 0 bridgehead atoms. The number of rotatable bonds is 0. The molecule has 3 radical (unpaired) electrons. The second-order valence-electron chi connectivity index (χ2n) is 0. The maximum atomic E-state index is 7.81. The van der Waals surface area contributed by atoms with Crippen molar-refractivity contribution in [2.24, 2.45) is 0 Å². The SMILES string of the molecule is [Ba].[O]=[Cu].[Tb]. The molecule has 0 heterocycles. The average molecular weight is 376 g/mol. The van der Waals surface area contributed by atoms with Gasteiger partial charge >= 0.3 is 19.8 Å². The Hall–Kier alpha value is 3.18. The van der Waals surface area contributed by atoms with E-state index in [0.29, 0.717) is 0 Å². The minimum atomic E-state index is 0. The molecular formula is BaCuOTb. The van der Waals surface area contributed by atoms with Crippen LogP contribution in [0.4, 0.5) is 0 Å². The van der Waals surface area contributed by atoms with Crippen molar-refractivity contribution < 1.29 is 58.4 Å². The molecule has 0 aliphatic carbocycles. The molecule has 0 aromatic heterocycles. The number of hydrogen-bond acceptors (Lipinski definition) is 1. The van der Waals surface area contributed by atoms with Gasteiger partial charge in [0.1, 0.15) is 0 Å². The standard InChI is InChI=1S/Ba.Cu.O.Tb. The minimum absolute atomic E-state index is 0. The third-order valence-corrected chi connectivity index (χ3v) is 0. The van der Waals surface area contributed by atoms with Crippen LogP contribution in [0.25, 0.3) is 0 Å². The van der Waals surface area contributed by atoms with Crippen molar-refractivity contribution >= 4 is 48.9 Å². The van der Waals surface area contributed by atoms with E-state index in [-0.39, 0.29) is 87.5 Å². The van der Waals surface area contributed by atoms with E-state index in [0.717, 1.165) is 0 Å². The van der Waals surface area contributed by atoms with E-state index in [9.17, 15) is 0 Å². The molecule has 0 amide bonds. The van der Waals surface area contributed by atoms with Crippen LogP contribution in [0.3, 0.4) is 0 Å². The van der Waals surface area contributed by atoms with Crippen LogP contribution in [0.5, 0.6) is 0 Å². The summed E-state index contributed by atoms with van der Waals surface area (Å²) >= 11 is 2.94. The van der Waals surface area contributed by atoms with Crippen molar-refractivity contribution in [3.05, 3.63) is 0 Å². The van der Waals surface area contributed by atoms with Gasteiger partial charge in [0.05, 0.1) is 0 Å². The van der Waals surface area contributed by atoms with Crippen LogP contribution >= 0.6 is 0 Å². The summed E-state index contributed by atoms with van der Waals surface area (Å²) in [4.78, 5) is 0. The van der Waals surface area contributed by atoms with Crippen molar-refractivity contribution in [1.82, 2.24) is 0 Å². The van der Waals surface area contributed by atoms with Crippen LogP contribution < -0.4 is 0 Å². The second kappa shape index (κ2) is 16.4. The molecule has 0 spiro atoms. The van der Waals surface area contributed by atoms with Gasteiger partial charge in [-0.05, 0) is 0 Å². The summed E-state index contributed by atoms with van der Waals surface area (Å²) in [6.07, 6.45) is 0. The van der Waals surface area contributed by atoms with Gasteiger partial charge in [-0.2, -0.15) is 0 Å². The molecule has 0 saturated carbocycles. The molecule has 0 aromatic rings. The Morgan fingerprint density at radius 2 is 1.25 bits per heavy atom. The van der Waals surface area contributed by atoms with Gasteiger partial charge in [-0.15, -0.1) is 0 Å². The first-order chi connectivity index (χ1) is 1.00. The van der Waals surface area contributed by atoms with E-state index in [1.165, 1.54) is 0 Å². The molecule has 4 heteroatoms. The van der Waals surface area contributed by atoms with Gasteiger partial charge in [-0.25, -0.2) is 0 Å². The normalized spacial score (nSPS) is 1.50. The number of hydrogen-bond donors (Lipinski definition) is 0. The smallest absolute Gasteiger partial charge is 0 e. The summed E-state index contributed by atoms with van der Waals surface area (Å²) in [6, 6.07) is 0. The van der Waals surface area contributed by atoms with Gasteiger partial charge in [-0.1, -0.05) is 0 Å². The molecule has 0 aliphatic rings. The Morgan fingerprint density at radius 1 is 1.25 bits per heavy atom. The topological polar surface area (TPSA) is 17.1 Å². The molecular weight excluding hydrogens is 376 g/mol. The van der Waals surface area contributed by atoms with Crippen LogP contribution in [0.1, 0.15) is 0 Å². The molecule has 0 rings (SSSR count). The fraction of sp³-hybridized carbons (Fsp3) is 0. The molecule has 0 fully saturated rings. The van der Waals surface area contributed by atoms with Gasteiger partial charge in [0.25, 0.3) is 0 Å². The zero-order valence-corrected chi connectivity index (χ0v) is 9.27. The Balaban J connectivity index is -0.00000000500. The maximum Gasteiger partial charge on any atom is 0 e. The van der Waals surface area contributed by atoms with Crippen LogP contribution in [-0.4, -0.2) is 48.9 Å². The molecule has 0 N–H and O–H groups in total. The summed E-state index contributed by atoms with van der Waals surface area (Å²) < 4.78 is 7.81. The fourth-order valence-corrected chi connectivity index (χ4v) is 0. The summed E-state index contributed by atoms with van der Waals surface area (Å²) in [5.41, 5.74) is 0. The van der Waals surface area contributed by atoms with Crippen LogP contribution in [0.15, 0.2) is 0 Å². The summed E-state index contributed by atoms with van der Waals surface area (Å²) in [7, 11) is 0. The minimum Gasteiger partial charge on any atom is 0 e. The molecule has 0 atom stereocenters. The largest absolute Gasteiger partial charge is 0 e. The van der Waals surface area contributed by atoms with Gasteiger partial charge in [0, 0.05) is 87.5 Å². The quantitative estimate of drug-likeness (QED) is 0.522. The Bertz CT molecular complexity index is 8.00. The average Bonchev–Trinajstić information content (AvgIpc) is 1.00. The van der Waals surface area contributed by atoms with E-state index >= 15 is 0 Å². The van der Waals surface area contributed by atoms with Crippen molar-refractivity contribution in [2.75, 3.05) is 0 Å². The molecule has 0 unspecified atom stereocenters. The van der Waals surface area contributed by atoms with Crippen LogP contribution in [0, 0.1) is 38.6 Å². The zero-order valence-electron chi connectivity index (χ0n) is 1.75. The van der Waals surface area contributed by atoms with Crippen molar-refractivity contribution in [2.45, 2.75) is 0 Å². The third kappa shape index (κ3) is 8.95. The zero-order chi connectivity index (χ0) is 2.00. The first-order valence-electron chi connectivity index (χ1n) is 0.123. The van der Waals surface area contributed by atoms with Crippen LogP contribution in [0.2, 0.25) is 0 Å². The van der Waals surface area contributed by atoms with Gasteiger partial charge in [-0.3, -0.25) is 0 Å². The molecule has 0 saturated heterocycles. The summed E-state index contributed by atoms with van der Waals surface area (Å²) in [5, 5.41) is 0. The second-order valence-corrected chi connectivity index (χ2v) is 0. The molecule has 0 aliphatic heterocycles. The Morgan fingerprint density at radius 3 is 1.25 bits per heavy atom. The summed E-state index contributed by atoms with van der Waals surface area (Å²) in [5.74, 6) is 0. The van der Waals surface area contributed by atoms with E-state index in [2.05, 4.69) is 15.9 Å². The molecule has 0 aromatic carbocycles. The van der Waals surface area contributed by atoms with E-state index in [1.54, 1.807) is 0 Å². The van der Waals surface area contributed by atoms with Gasteiger partial charge < -0.3 is 0 Å². The third-order valence-electron chi connectivity index (χ3n) is 0. The monoisotopic (exact) mass is 376 g/mol. The fourth-order valence-electron chi connectivity index (χ4n) is 0. The van der Waals surface area contributed by atoms with Gasteiger partial charge in [0.15, 0.2) is 0 Å². The maximum absolute atomic E-state index is 7.81. The van der Waals surface area contributed by atoms with Crippen molar-refractivity contribution in [1.29, 1.82) is 0 Å². The van der Waals surface area contributed by atoms with E-state index in [4.69, 9.17) is 3.83 Å². The first-order valence-corrected chi connectivity index (χ1v) is 0.508. The predicted molar refractivity (Wildman–Crippen MR) is 6.44 cm³/mol. The molecule has 28 valence electrons. The van der Waals surface area contributed by atoms with Crippen LogP contribution in [-0.2, 0) is 19.8 Å². The Labute approximate surface area is 104 Å². The first kappa shape index (κ1) is 15.7.